The molecule has 0 aromatic heterocycles. The highest BCUT2D eigenvalue weighted by Gasteiger charge is 2.56. The Balaban J connectivity index is 1.45. The number of benzene rings is 1. The van der Waals surface area contributed by atoms with Gasteiger partial charge >= 0.3 is 0 Å². The first kappa shape index (κ1) is 22.5. The van der Waals surface area contributed by atoms with Crippen LogP contribution in [0.4, 0.5) is 0 Å². The van der Waals surface area contributed by atoms with Gasteiger partial charge in [-0.05, 0) is 78.9 Å². The number of hydrogen-bond donors (Lipinski definition) is 1. The van der Waals surface area contributed by atoms with Crippen molar-refractivity contribution in [3.05, 3.63) is 52.6 Å². The van der Waals surface area contributed by atoms with Crippen molar-refractivity contribution in [3.8, 4) is 5.75 Å². The summed E-state index contributed by atoms with van der Waals surface area (Å²) in [6, 6.07) is 8.32. The van der Waals surface area contributed by atoms with Crippen LogP contribution in [0.25, 0.3) is 0 Å². The normalized spacial score (nSPS) is 31.1. The molecule has 0 heterocycles. The van der Waals surface area contributed by atoms with E-state index >= 15 is 0 Å². The van der Waals surface area contributed by atoms with Crippen molar-refractivity contribution < 1.29 is 24.2 Å². The highest BCUT2D eigenvalue weighted by Crippen LogP contribution is 2.62. The lowest BCUT2D eigenvalue weighted by Gasteiger charge is -2.50. The number of ketones is 2. The van der Waals surface area contributed by atoms with Crippen LogP contribution in [0.3, 0.4) is 0 Å². The van der Waals surface area contributed by atoms with Gasteiger partial charge in [-0.25, -0.2) is 0 Å². The van der Waals surface area contributed by atoms with Crippen molar-refractivity contribution in [1.82, 2.24) is 0 Å². The van der Waals surface area contributed by atoms with Crippen LogP contribution in [0.15, 0.2) is 47.1 Å². The fraction of sp³-hybridized carbons (Fsp3) is 0.571. The van der Waals surface area contributed by atoms with E-state index < -0.39 is 0 Å². The van der Waals surface area contributed by atoms with Crippen LogP contribution in [0.2, 0.25) is 0 Å². The van der Waals surface area contributed by atoms with E-state index in [0.717, 1.165) is 37.9 Å². The van der Waals surface area contributed by atoms with Gasteiger partial charge in [-0.3, -0.25) is 9.59 Å². The molecule has 0 radical (unpaired) electrons. The van der Waals surface area contributed by atoms with Gasteiger partial charge in [0.05, 0.1) is 19.8 Å². The third kappa shape index (κ3) is 4.10. The Morgan fingerprint density at radius 1 is 1.00 bits per heavy atom. The molecule has 4 aliphatic rings. The van der Waals surface area contributed by atoms with E-state index in [9.17, 15) is 9.59 Å². The molecule has 0 aliphatic heterocycles. The summed E-state index contributed by atoms with van der Waals surface area (Å²) < 4.78 is 11.0. The number of carbonyl (C=O) groups is 2. The fourth-order valence-corrected chi connectivity index (χ4v) is 6.91. The fourth-order valence-electron chi connectivity index (χ4n) is 6.91. The maximum atomic E-state index is 13.0. The molecule has 1 aromatic carbocycles. The molecule has 33 heavy (non-hydrogen) atoms. The predicted molar refractivity (Wildman–Crippen MR) is 125 cm³/mol. The Kier molecular flexibility index (Phi) is 6.28. The van der Waals surface area contributed by atoms with Gasteiger partial charge in [-0.2, -0.15) is 0 Å². The predicted octanol–water partition coefficient (Wildman–Crippen LogP) is 4.54. The Labute approximate surface area is 195 Å². The molecule has 0 bridgehead atoms. The molecule has 4 atom stereocenters. The molecule has 0 unspecified atom stereocenters. The third-order valence-corrected chi connectivity index (χ3v) is 8.46. The standard InChI is InChI=1S/C28H34O5/c1-28-17-24(18-2-6-21(7-3-18)33-15-14-32-13-12-29)27-22-9-5-20(30)16-19(22)4-8-23(27)25(28)10-11-26(28)31/h2-3,6-7,16,23-25,29H,4-5,8-15,17H2,1H3/t23-,24+,25-,28-/m0/s1. The smallest absolute Gasteiger partial charge is 0.156 e. The highest BCUT2D eigenvalue weighted by atomic mass is 16.5. The number of aliphatic hydroxyl groups is 1. The third-order valence-electron chi connectivity index (χ3n) is 8.46. The quantitative estimate of drug-likeness (QED) is 0.618. The first-order valence-electron chi connectivity index (χ1n) is 12.4. The summed E-state index contributed by atoms with van der Waals surface area (Å²) in [6.07, 6.45) is 7.94. The SMILES string of the molecule is C[C@]12C[C@H](c3ccc(OCCOCCO)cc3)C3=C4CCC(=O)C=C4CC[C@H]3[C@@H]1CCC2=O. The zero-order valence-electron chi connectivity index (χ0n) is 19.5. The number of fused-ring (bicyclic) bond motifs is 4. The molecule has 4 aliphatic carbocycles. The molecule has 1 aromatic rings. The summed E-state index contributed by atoms with van der Waals surface area (Å²) in [4.78, 5) is 25.1. The van der Waals surface area contributed by atoms with Gasteiger partial charge < -0.3 is 14.6 Å². The lowest BCUT2D eigenvalue weighted by molar-refractivity contribution is -0.128. The topological polar surface area (TPSA) is 72.8 Å². The first-order chi connectivity index (χ1) is 16.0. The van der Waals surface area contributed by atoms with Gasteiger partial charge in [0.1, 0.15) is 18.1 Å². The Morgan fingerprint density at radius 3 is 2.61 bits per heavy atom. The molecule has 2 saturated carbocycles. The molecule has 5 heteroatoms. The van der Waals surface area contributed by atoms with E-state index in [4.69, 9.17) is 14.6 Å². The van der Waals surface area contributed by atoms with E-state index in [-0.39, 0.29) is 23.7 Å². The van der Waals surface area contributed by atoms with Crippen LogP contribution < -0.4 is 4.74 Å². The van der Waals surface area contributed by atoms with Crippen LogP contribution in [-0.4, -0.2) is 43.1 Å². The number of carbonyl (C=O) groups excluding carboxylic acids is 2. The number of aliphatic hydroxyl groups excluding tert-OH is 1. The van der Waals surface area contributed by atoms with Crippen molar-refractivity contribution in [1.29, 1.82) is 0 Å². The second-order valence-corrected chi connectivity index (χ2v) is 10.2. The molecule has 0 saturated heterocycles. The van der Waals surface area contributed by atoms with Crippen LogP contribution in [0.5, 0.6) is 5.75 Å². The average Bonchev–Trinajstić information content (AvgIpc) is 3.12. The van der Waals surface area contributed by atoms with E-state index in [1.807, 2.05) is 18.2 Å². The summed E-state index contributed by atoms with van der Waals surface area (Å²) in [5.41, 5.74) is 5.17. The molecule has 2 fully saturated rings. The minimum absolute atomic E-state index is 0.0161. The number of Topliss-reactive ketones (excluding diaryl/α,β-unsaturated/α-hetero) is 1. The van der Waals surface area contributed by atoms with Crippen molar-refractivity contribution in [3.63, 3.8) is 0 Å². The second-order valence-electron chi connectivity index (χ2n) is 10.2. The van der Waals surface area contributed by atoms with E-state index in [2.05, 4.69) is 19.1 Å². The molecule has 1 N–H and O–H groups in total. The summed E-state index contributed by atoms with van der Waals surface area (Å²) in [6.45, 7) is 3.43. The second kappa shape index (κ2) is 9.19. The molecule has 0 amide bonds. The van der Waals surface area contributed by atoms with E-state index in [1.165, 1.54) is 22.3 Å². The summed E-state index contributed by atoms with van der Waals surface area (Å²) >= 11 is 0. The molecule has 176 valence electrons. The Morgan fingerprint density at radius 2 is 1.82 bits per heavy atom. The van der Waals surface area contributed by atoms with Gasteiger partial charge in [0.25, 0.3) is 0 Å². The summed E-state index contributed by atoms with van der Waals surface area (Å²) in [7, 11) is 0. The maximum Gasteiger partial charge on any atom is 0.156 e. The number of ether oxygens (including phenoxy) is 2. The minimum atomic E-state index is -0.246. The lowest BCUT2D eigenvalue weighted by atomic mass is 9.53. The molecule has 5 nitrogen and oxygen atoms in total. The zero-order valence-corrected chi connectivity index (χ0v) is 19.5. The molecule has 0 spiro atoms. The number of allylic oxidation sites excluding steroid dienone is 4. The van der Waals surface area contributed by atoms with Gasteiger partial charge in [-0.15, -0.1) is 0 Å². The van der Waals surface area contributed by atoms with Crippen LogP contribution in [-0.2, 0) is 14.3 Å². The van der Waals surface area contributed by atoms with Crippen molar-refractivity contribution >= 4 is 11.6 Å². The van der Waals surface area contributed by atoms with Gasteiger partial charge in [-0.1, -0.05) is 24.6 Å². The number of rotatable bonds is 7. The molecular weight excluding hydrogens is 416 g/mol. The summed E-state index contributed by atoms with van der Waals surface area (Å²) in [5, 5.41) is 8.79. The Hall–Kier alpha value is -2.24. The van der Waals surface area contributed by atoms with E-state index in [0.29, 0.717) is 50.3 Å². The van der Waals surface area contributed by atoms with Gasteiger partial charge in [0.15, 0.2) is 5.78 Å². The zero-order chi connectivity index (χ0) is 23.0. The minimum Gasteiger partial charge on any atom is -0.491 e. The molecular formula is C28H34O5. The van der Waals surface area contributed by atoms with E-state index in [1.54, 1.807) is 0 Å². The summed E-state index contributed by atoms with van der Waals surface area (Å²) in [5.74, 6) is 2.58. The van der Waals surface area contributed by atoms with Crippen LogP contribution >= 0.6 is 0 Å². The first-order valence-corrected chi connectivity index (χ1v) is 12.4. The monoisotopic (exact) mass is 450 g/mol. The van der Waals surface area contributed by atoms with Crippen LogP contribution in [0.1, 0.15) is 63.4 Å². The van der Waals surface area contributed by atoms with Crippen molar-refractivity contribution in [2.75, 3.05) is 26.4 Å². The van der Waals surface area contributed by atoms with Gasteiger partial charge in [0.2, 0.25) is 0 Å². The van der Waals surface area contributed by atoms with Gasteiger partial charge in [0, 0.05) is 24.2 Å². The Bertz CT molecular complexity index is 988. The lowest BCUT2D eigenvalue weighted by Crippen LogP contribution is -2.43. The van der Waals surface area contributed by atoms with Crippen LogP contribution in [0, 0.1) is 17.3 Å². The van der Waals surface area contributed by atoms with Crippen molar-refractivity contribution in [2.24, 2.45) is 17.3 Å². The number of hydrogen-bond acceptors (Lipinski definition) is 5. The van der Waals surface area contributed by atoms with Crippen molar-refractivity contribution in [2.45, 2.75) is 57.8 Å². The highest BCUT2D eigenvalue weighted by molar-refractivity contribution is 5.93. The molecule has 5 rings (SSSR count). The largest absolute Gasteiger partial charge is 0.491 e. The maximum absolute atomic E-state index is 13.0. The average molecular weight is 451 g/mol.